The first kappa shape index (κ1) is 12.4. The molecule has 2 N–H and O–H groups in total. The molecule has 0 spiro atoms. The Morgan fingerprint density at radius 3 is 2.85 bits per heavy atom. The minimum Gasteiger partial charge on any atom is -0.468 e. The van der Waals surface area contributed by atoms with Crippen LogP contribution in [0.3, 0.4) is 0 Å². The molecule has 0 aliphatic rings. The number of nitrogens with zero attached hydrogens (tertiary/aromatic N) is 2. The van der Waals surface area contributed by atoms with Gasteiger partial charge in [-0.05, 0) is 15.9 Å². The molecule has 0 unspecified atom stereocenters. The van der Waals surface area contributed by atoms with Crippen LogP contribution in [0.5, 0.6) is 0 Å². The van der Waals surface area contributed by atoms with Gasteiger partial charge in [-0.3, -0.25) is 4.79 Å². The van der Waals surface area contributed by atoms with Crippen LogP contribution < -0.4 is 5.73 Å². The Hall–Kier alpha value is -0.560. The summed E-state index contributed by atoms with van der Waals surface area (Å²) in [5.41, 5.74) is 5.55. The molecule has 0 atom stereocenters. The van der Waals surface area contributed by atoms with E-state index in [9.17, 15) is 4.79 Å². The summed E-state index contributed by atoms with van der Waals surface area (Å²) in [6.07, 6.45) is 1.53. The summed E-state index contributed by atoms with van der Waals surface area (Å²) in [7, 11) is 1.32. The maximum absolute atomic E-state index is 10.8. The minimum absolute atomic E-state index is 0. The number of anilines is 1. The monoisotopic (exact) mass is 313 g/mol. The van der Waals surface area contributed by atoms with Crippen molar-refractivity contribution in [2.75, 3.05) is 12.8 Å². The molecule has 7 heteroatoms. The molecule has 0 amide bonds. The van der Waals surface area contributed by atoms with Gasteiger partial charge in [0.25, 0.3) is 0 Å². The van der Waals surface area contributed by atoms with Gasteiger partial charge in [0.1, 0.15) is 12.4 Å². The summed E-state index contributed by atoms with van der Waals surface area (Å²) in [6.45, 7) is 0.0356. The second-order valence-electron chi connectivity index (χ2n) is 2.11. The zero-order valence-corrected chi connectivity index (χ0v) is 10.2. The SMILES string of the molecule is Br.COC(=O)Cn1ncc(Br)c1N. The molecule has 1 aromatic rings. The topological polar surface area (TPSA) is 70.1 Å². The van der Waals surface area contributed by atoms with E-state index in [1.165, 1.54) is 18.0 Å². The molecule has 0 saturated carbocycles. The Morgan fingerprint density at radius 2 is 2.46 bits per heavy atom. The van der Waals surface area contributed by atoms with E-state index in [1.54, 1.807) is 0 Å². The fraction of sp³-hybridized carbons (Fsp3) is 0.333. The van der Waals surface area contributed by atoms with E-state index in [1.807, 2.05) is 0 Å². The molecule has 0 radical (unpaired) electrons. The molecular weight excluding hydrogens is 306 g/mol. The largest absolute Gasteiger partial charge is 0.468 e. The lowest BCUT2D eigenvalue weighted by Crippen LogP contribution is -2.14. The summed E-state index contributed by atoms with van der Waals surface area (Å²) in [4.78, 5) is 10.8. The quantitative estimate of drug-likeness (QED) is 0.826. The molecular formula is C6H9Br2N3O2. The molecule has 1 heterocycles. The number of methoxy groups -OCH3 is 1. The number of nitrogens with two attached hydrogens (primary N) is 1. The fourth-order valence-corrected chi connectivity index (χ4v) is 0.981. The fourth-order valence-electron chi connectivity index (χ4n) is 0.685. The van der Waals surface area contributed by atoms with E-state index in [0.717, 1.165) is 0 Å². The first-order chi connectivity index (χ1) is 5.65. The number of halogens is 2. The zero-order chi connectivity index (χ0) is 9.14. The summed E-state index contributed by atoms with van der Waals surface area (Å²) < 4.78 is 6.48. The number of hydrogen-bond acceptors (Lipinski definition) is 4. The molecule has 0 aliphatic heterocycles. The van der Waals surface area contributed by atoms with Crippen LogP contribution in [0.15, 0.2) is 10.7 Å². The summed E-state index contributed by atoms with van der Waals surface area (Å²) in [6, 6.07) is 0. The predicted octanol–water partition coefficient (Wildman–Crippen LogP) is 0.979. The van der Waals surface area contributed by atoms with Crippen molar-refractivity contribution in [2.24, 2.45) is 0 Å². The molecule has 0 bridgehead atoms. The van der Waals surface area contributed by atoms with Gasteiger partial charge in [-0.15, -0.1) is 17.0 Å². The van der Waals surface area contributed by atoms with Crippen LogP contribution in [0.4, 0.5) is 5.82 Å². The predicted molar refractivity (Wildman–Crippen MR) is 56.7 cm³/mol. The van der Waals surface area contributed by atoms with Gasteiger partial charge in [-0.25, -0.2) is 4.68 Å². The maximum Gasteiger partial charge on any atom is 0.327 e. The Kier molecular flexibility index (Phi) is 5.01. The number of ether oxygens (including phenoxy) is 1. The van der Waals surface area contributed by atoms with Crippen molar-refractivity contribution in [3.8, 4) is 0 Å². The van der Waals surface area contributed by atoms with Gasteiger partial charge in [0, 0.05) is 0 Å². The molecule has 0 aromatic carbocycles. The van der Waals surface area contributed by atoms with Crippen LogP contribution in [-0.2, 0) is 16.1 Å². The van der Waals surface area contributed by atoms with Crippen LogP contribution >= 0.6 is 32.9 Å². The lowest BCUT2D eigenvalue weighted by Gasteiger charge is -2.01. The lowest BCUT2D eigenvalue weighted by molar-refractivity contribution is -0.141. The van der Waals surface area contributed by atoms with Crippen molar-refractivity contribution >= 4 is 44.7 Å². The number of hydrogen-bond donors (Lipinski definition) is 1. The van der Waals surface area contributed by atoms with Gasteiger partial charge < -0.3 is 10.5 Å². The van der Waals surface area contributed by atoms with E-state index < -0.39 is 0 Å². The molecule has 74 valence electrons. The van der Waals surface area contributed by atoms with Crippen LogP contribution in [0, 0.1) is 0 Å². The van der Waals surface area contributed by atoms with Crippen LogP contribution in [-0.4, -0.2) is 22.9 Å². The van der Waals surface area contributed by atoms with Gasteiger partial charge in [-0.1, -0.05) is 0 Å². The number of nitrogen functional groups attached to an aromatic ring is 1. The Balaban J connectivity index is 0.00000144. The van der Waals surface area contributed by atoms with Crippen molar-refractivity contribution in [1.29, 1.82) is 0 Å². The summed E-state index contributed by atoms with van der Waals surface area (Å²) in [5, 5.41) is 3.85. The zero-order valence-electron chi connectivity index (χ0n) is 6.86. The smallest absolute Gasteiger partial charge is 0.327 e. The van der Waals surface area contributed by atoms with Crippen molar-refractivity contribution in [3.05, 3.63) is 10.7 Å². The van der Waals surface area contributed by atoms with Crippen molar-refractivity contribution in [2.45, 2.75) is 6.54 Å². The van der Waals surface area contributed by atoms with Gasteiger partial charge >= 0.3 is 5.97 Å². The average Bonchev–Trinajstić information content (AvgIpc) is 2.36. The Bertz CT molecular complexity index is 300. The molecule has 0 aliphatic carbocycles. The number of rotatable bonds is 2. The van der Waals surface area contributed by atoms with E-state index >= 15 is 0 Å². The highest BCUT2D eigenvalue weighted by Crippen LogP contribution is 2.17. The van der Waals surface area contributed by atoms with E-state index in [2.05, 4.69) is 25.8 Å². The van der Waals surface area contributed by atoms with Gasteiger partial charge in [0.2, 0.25) is 0 Å². The van der Waals surface area contributed by atoms with Crippen molar-refractivity contribution in [3.63, 3.8) is 0 Å². The minimum atomic E-state index is -0.377. The van der Waals surface area contributed by atoms with Crippen molar-refractivity contribution in [1.82, 2.24) is 9.78 Å². The highest BCUT2D eigenvalue weighted by Gasteiger charge is 2.08. The molecule has 0 fully saturated rings. The average molecular weight is 315 g/mol. The first-order valence-corrected chi connectivity index (χ1v) is 3.98. The number of esters is 1. The van der Waals surface area contributed by atoms with E-state index in [-0.39, 0.29) is 29.5 Å². The Labute approximate surface area is 94.1 Å². The maximum atomic E-state index is 10.8. The molecule has 1 aromatic heterocycles. The normalized spacial score (nSPS) is 9.08. The van der Waals surface area contributed by atoms with Gasteiger partial charge in [-0.2, -0.15) is 5.10 Å². The third-order valence-electron chi connectivity index (χ3n) is 1.34. The lowest BCUT2D eigenvalue weighted by atomic mass is 10.6. The molecule has 0 saturated heterocycles. The molecule has 5 nitrogen and oxygen atoms in total. The van der Waals surface area contributed by atoms with Gasteiger partial charge in [0.05, 0.1) is 17.8 Å². The van der Waals surface area contributed by atoms with E-state index in [0.29, 0.717) is 10.3 Å². The number of carbonyl (C=O) groups is 1. The highest BCUT2D eigenvalue weighted by molar-refractivity contribution is 9.10. The second-order valence-corrected chi connectivity index (χ2v) is 2.97. The molecule has 1 rings (SSSR count). The third-order valence-corrected chi connectivity index (χ3v) is 1.95. The molecule has 13 heavy (non-hydrogen) atoms. The van der Waals surface area contributed by atoms with Crippen LogP contribution in [0.25, 0.3) is 0 Å². The summed E-state index contributed by atoms with van der Waals surface area (Å²) in [5.74, 6) is 0.0395. The number of aromatic nitrogens is 2. The Morgan fingerprint density at radius 1 is 1.85 bits per heavy atom. The van der Waals surface area contributed by atoms with E-state index in [4.69, 9.17) is 5.73 Å². The number of carbonyl (C=O) groups excluding carboxylic acids is 1. The first-order valence-electron chi connectivity index (χ1n) is 3.18. The van der Waals surface area contributed by atoms with Crippen LogP contribution in [0.2, 0.25) is 0 Å². The second kappa shape index (κ2) is 5.23. The van der Waals surface area contributed by atoms with Crippen molar-refractivity contribution < 1.29 is 9.53 Å². The third kappa shape index (κ3) is 3.00. The van der Waals surface area contributed by atoms with Gasteiger partial charge in [0.15, 0.2) is 0 Å². The highest BCUT2D eigenvalue weighted by atomic mass is 79.9. The van der Waals surface area contributed by atoms with Crippen LogP contribution in [0.1, 0.15) is 0 Å². The standard InChI is InChI=1S/C6H8BrN3O2.BrH/c1-12-5(11)3-10-6(8)4(7)2-9-10;/h2H,3,8H2,1H3;1H. The summed E-state index contributed by atoms with van der Waals surface area (Å²) >= 11 is 3.17.